The van der Waals surface area contributed by atoms with E-state index in [-0.39, 0.29) is 23.1 Å². The summed E-state index contributed by atoms with van der Waals surface area (Å²) in [6.45, 7) is 0.913. The number of hydrogen-bond acceptors (Lipinski definition) is 3. The first-order chi connectivity index (χ1) is 9.66. The van der Waals surface area contributed by atoms with Crippen LogP contribution in [-0.4, -0.2) is 24.5 Å². The van der Waals surface area contributed by atoms with Crippen molar-refractivity contribution in [2.75, 3.05) is 13.2 Å². The van der Waals surface area contributed by atoms with Gasteiger partial charge in [-0.15, -0.1) is 0 Å². The van der Waals surface area contributed by atoms with Crippen molar-refractivity contribution in [3.05, 3.63) is 28.0 Å². The van der Waals surface area contributed by atoms with E-state index in [2.05, 4.69) is 32.8 Å². The van der Waals surface area contributed by atoms with Crippen molar-refractivity contribution in [1.82, 2.24) is 4.98 Å². The highest BCUT2D eigenvalue weighted by atomic mass is 79.9. The van der Waals surface area contributed by atoms with E-state index in [0.717, 1.165) is 19.3 Å². The van der Waals surface area contributed by atoms with Crippen LogP contribution in [0.5, 0.6) is 0 Å². The summed E-state index contributed by atoms with van der Waals surface area (Å²) in [7, 11) is 0. The first-order valence-electron chi connectivity index (χ1n) is 6.33. The second kappa shape index (κ2) is 7.67. The highest BCUT2D eigenvalue weighted by Crippen LogP contribution is 2.25. The van der Waals surface area contributed by atoms with Crippen molar-refractivity contribution in [3.8, 4) is 11.8 Å². The number of aromatic nitrogens is 1. The summed E-state index contributed by atoms with van der Waals surface area (Å²) >= 11 is 3.03. The number of halogens is 3. The van der Waals surface area contributed by atoms with Crippen molar-refractivity contribution in [2.24, 2.45) is 0 Å². The maximum atomic E-state index is 12.7. The standard InChI is InChI=1S/C14H14BrF2NO2/c15-11-7-6-10(18-13(11)14(16)17)4-3-9-20-12-5-1-2-8-19-12/h6-7,12,14H,1-2,5,8-9H2. The lowest BCUT2D eigenvalue weighted by Crippen LogP contribution is -2.22. The Labute approximate surface area is 124 Å². The van der Waals surface area contributed by atoms with E-state index in [9.17, 15) is 8.78 Å². The van der Waals surface area contributed by atoms with Crippen LogP contribution in [0.2, 0.25) is 0 Å². The van der Waals surface area contributed by atoms with Gasteiger partial charge in [0.25, 0.3) is 6.43 Å². The average molecular weight is 346 g/mol. The average Bonchev–Trinajstić information content (AvgIpc) is 2.46. The first-order valence-corrected chi connectivity index (χ1v) is 7.13. The van der Waals surface area contributed by atoms with Gasteiger partial charge in [0.15, 0.2) is 6.29 Å². The third kappa shape index (κ3) is 4.51. The smallest absolute Gasteiger partial charge is 0.281 e. The van der Waals surface area contributed by atoms with E-state index in [4.69, 9.17) is 9.47 Å². The van der Waals surface area contributed by atoms with E-state index in [0.29, 0.717) is 12.3 Å². The van der Waals surface area contributed by atoms with Gasteiger partial charge in [-0.1, -0.05) is 5.92 Å². The summed E-state index contributed by atoms with van der Waals surface area (Å²) in [5, 5.41) is 0. The van der Waals surface area contributed by atoms with E-state index < -0.39 is 6.43 Å². The quantitative estimate of drug-likeness (QED) is 0.783. The molecule has 3 nitrogen and oxygen atoms in total. The molecule has 1 aliphatic rings. The highest BCUT2D eigenvalue weighted by molar-refractivity contribution is 9.10. The number of rotatable bonds is 3. The Morgan fingerprint density at radius 1 is 1.45 bits per heavy atom. The van der Waals surface area contributed by atoms with Gasteiger partial charge in [-0.2, -0.15) is 0 Å². The summed E-state index contributed by atoms with van der Waals surface area (Å²) in [5.74, 6) is 5.47. The maximum Gasteiger partial charge on any atom is 0.281 e. The zero-order valence-corrected chi connectivity index (χ0v) is 12.3. The number of pyridine rings is 1. The molecule has 108 valence electrons. The fourth-order valence-corrected chi connectivity index (χ4v) is 2.18. The lowest BCUT2D eigenvalue weighted by molar-refractivity contribution is -0.154. The Kier molecular flexibility index (Phi) is 5.89. The molecule has 0 spiro atoms. The summed E-state index contributed by atoms with van der Waals surface area (Å²) in [5.41, 5.74) is 0.00462. The lowest BCUT2D eigenvalue weighted by Gasteiger charge is -2.21. The third-order valence-electron chi connectivity index (χ3n) is 2.78. The van der Waals surface area contributed by atoms with Crippen LogP contribution in [0.25, 0.3) is 0 Å². The molecule has 2 rings (SSSR count). The van der Waals surface area contributed by atoms with Gasteiger partial charge < -0.3 is 9.47 Å². The zero-order valence-electron chi connectivity index (χ0n) is 10.7. The van der Waals surface area contributed by atoms with Gasteiger partial charge in [0.1, 0.15) is 18.0 Å². The minimum absolute atomic E-state index is 0.201. The van der Waals surface area contributed by atoms with Gasteiger partial charge >= 0.3 is 0 Å². The van der Waals surface area contributed by atoms with Gasteiger partial charge in [-0.3, -0.25) is 0 Å². The summed E-state index contributed by atoms with van der Waals surface area (Å²) in [6.07, 6.45) is 0.188. The normalized spacial score (nSPS) is 18.7. The van der Waals surface area contributed by atoms with Crippen molar-refractivity contribution >= 4 is 15.9 Å². The van der Waals surface area contributed by atoms with Crippen LogP contribution in [0, 0.1) is 11.8 Å². The molecule has 1 fully saturated rings. The van der Waals surface area contributed by atoms with Gasteiger partial charge in [0, 0.05) is 11.1 Å². The Morgan fingerprint density at radius 3 is 3.00 bits per heavy atom. The van der Waals surface area contributed by atoms with Crippen LogP contribution in [0.4, 0.5) is 8.78 Å². The van der Waals surface area contributed by atoms with Crippen LogP contribution in [-0.2, 0) is 9.47 Å². The lowest BCUT2D eigenvalue weighted by atomic mass is 10.2. The highest BCUT2D eigenvalue weighted by Gasteiger charge is 2.14. The summed E-state index contributed by atoms with van der Waals surface area (Å²) < 4.78 is 36.4. The van der Waals surface area contributed by atoms with E-state index in [1.54, 1.807) is 6.07 Å². The molecule has 2 heterocycles. The van der Waals surface area contributed by atoms with Gasteiger partial charge in [-0.25, -0.2) is 13.8 Å². The fourth-order valence-electron chi connectivity index (χ4n) is 1.78. The predicted molar refractivity (Wildman–Crippen MR) is 73.3 cm³/mol. The molecule has 0 aliphatic carbocycles. The predicted octanol–water partition coefficient (Wildman–Crippen LogP) is 3.68. The van der Waals surface area contributed by atoms with Crippen molar-refractivity contribution in [2.45, 2.75) is 32.0 Å². The molecule has 0 aromatic carbocycles. The van der Waals surface area contributed by atoms with Gasteiger partial charge in [-0.05, 0) is 53.2 Å². The SMILES string of the molecule is FC(F)c1nc(C#CCOC2CCCCO2)ccc1Br. The van der Waals surface area contributed by atoms with Gasteiger partial charge in [0.05, 0.1) is 0 Å². The van der Waals surface area contributed by atoms with Crippen LogP contribution in [0.1, 0.15) is 37.1 Å². The molecule has 0 radical (unpaired) electrons. The second-order valence-corrected chi connectivity index (χ2v) is 5.13. The van der Waals surface area contributed by atoms with E-state index >= 15 is 0 Å². The number of hydrogen-bond donors (Lipinski definition) is 0. The Balaban J connectivity index is 1.90. The summed E-state index contributed by atoms with van der Waals surface area (Å²) in [4.78, 5) is 3.80. The summed E-state index contributed by atoms with van der Waals surface area (Å²) in [6, 6.07) is 3.10. The number of nitrogens with zero attached hydrogens (tertiary/aromatic N) is 1. The Morgan fingerprint density at radius 2 is 2.30 bits per heavy atom. The van der Waals surface area contributed by atoms with Crippen LogP contribution in [0.3, 0.4) is 0 Å². The fraction of sp³-hybridized carbons (Fsp3) is 0.500. The van der Waals surface area contributed by atoms with Crippen molar-refractivity contribution in [3.63, 3.8) is 0 Å². The molecule has 1 atom stereocenters. The maximum absolute atomic E-state index is 12.7. The molecule has 0 amide bonds. The van der Waals surface area contributed by atoms with Crippen LogP contribution >= 0.6 is 15.9 Å². The van der Waals surface area contributed by atoms with E-state index in [1.807, 2.05) is 0 Å². The Bertz CT molecular complexity index is 508. The molecular weight excluding hydrogens is 332 g/mol. The first kappa shape index (κ1) is 15.4. The molecule has 1 unspecified atom stereocenters. The largest absolute Gasteiger partial charge is 0.353 e. The van der Waals surface area contributed by atoms with Crippen molar-refractivity contribution in [1.29, 1.82) is 0 Å². The molecule has 1 aliphatic heterocycles. The molecule has 1 saturated heterocycles. The van der Waals surface area contributed by atoms with Crippen LogP contribution in [0.15, 0.2) is 16.6 Å². The van der Waals surface area contributed by atoms with Gasteiger partial charge in [0.2, 0.25) is 0 Å². The molecule has 6 heteroatoms. The third-order valence-corrected chi connectivity index (χ3v) is 3.45. The molecule has 1 aromatic rings. The molecule has 20 heavy (non-hydrogen) atoms. The topological polar surface area (TPSA) is 31.4 Å². The molecule has 0 bridgehead atoms. The second-order valence-electron chi connectivity index (χ2n) is 4.27. The number of alkyl halides is 2. The molecule has 0 N–H and O–H groups in total. The van der Waals surface area contributed by atoms with Crippen LogP contribution < -0.4 is 0 Å². The molecule has 1 aromatic heterocycles. The zero-order chi connectivity index (χ0) is 14.4. The Hall–Kier alpha value is -1.03. The van der Waals surface area contributed by atoms with Crippen molar-refractivity contribution < 1.29 is 18.3 Å². The minimum Gasteiger partial charge on any atom is -0.353 e. The molecular formula is C14H14BrF2NO2. The van der Waals surface area contributed by atoms with E-state index in [1.165, 1.54) is 6.07 Å². The monoisotopic (exact) mass is 345 g/mol. The number of ether oxygens (including phenoxy) is 2. The minimum atomic E-state index is -2.63. The molecule has 0 saturated carbocycles.